The number of hydrogen-bond acceptors (Lipinski definition) is 6. The van der Waals surface area contributed by atoms with Crippen LogP contribution in [0.2, 0.25) is 0 Å². The molecule has 2 aromatic carbocycles. The standard InChI is InChI=1S/C24H25N7O/c1-16(17-6-3-2-4-7-17)28-24-26-13-11-22(30-24)31-15-27-20-14-18(9-10-21(20)31)29-23(32)19-8-5-12-25-19/h2-4,6-7,9-11,13-16,19,25H,5,8,12H2,1H3,(H,29,32)(H,26,28,30)/t16-,19-/m0/s1. The summed E-state index contributed by atoms with van der Waals surface area (Å²) in [6.45, 7) is 2.97. The molecule has 1 fully saturated rings. The molecule has 32 heavy (non-hydrogen) atoms. The first-order valence-corrected chi connectivity index (χ1v) is 10.8. The zero-order valence-corrected chi connectivity index (χ0v) is 17.8. The fourth-order valence-electron chi connectivity index (χ4n) is 3.98. The highest BCUT2D eigenvalue weighted by Gasteiger charge is 2.22. The van der Waals surface area contributed by atoms with Crippen molar-refractivity contribution < 1.29 is 4.79 Å². The van der Waals surface area contributed by atoms with Gasteiger partial charge in [-0.1, -0.05) is 30.3 Å². The summed E-state index contributed by atoms with van der Waals surface area (Å²) >= 11 is 0. The van der Waals surface area contributed by atoms with Crippen molar-refractivity contribution in [2.45, 2.75) is 31.8 Å². The average molecular weight is 428 g/mol. The molecule has 4 aromatic rings. The average Bonchev–Trinajstić information content (AvgIpc) is 3.50. The van der Waals surface area contributed by atoms with Gasteiger partial charge in [-0.05, 0) is 56.1 Å². The summed E-state index contributed by atoms with van der Waals surface area (Å²) in [6, 6.07) is 17.7. The van der Waals surface area contributed by atoms with Gasteiger partial charge in [0.2, 0.25) is 11.9 Å². The van der Waals surface area contributed by atoms with E-state index in [0.29, 0.717) is 5.95 Å². The predicted octanol–water partition coefficient (Wildman–Crippen LogP) is 3.68. The third-order valence-electron chi connectivity index (χ3n) is 5.72. The summed E-state index contributed by atoms with van der Waals surface area (Å²) in [5.41, 5.74) is 3.59. The van der Waals surface area contributed by atoms with Crippen molar-refractivity contribution in [1.82, 2.24) is 24.8 Å². The highest BCUT2D eigenvalue weighted by atomic mass is 16.2. The zero-order chi connectivity index (χ0) is 21.9. The van der Waals surface area contributed by atoms with E-state index in [2.05, 4.69) is 50.0 Å². The van der Waals surface area contributed by atoms with E-state index in [0.717, 1.165) is 47.5 Å². The molecule has 1 saturated heterocycles. The monoisotopic (exact) mass is 427 g/mol. The van der Waals surface area contributed by atoms with Crippen molar-refractivity contribution in [3.63, 3.8) is 0 Å². The molecule has 0 unspecified atom stereocenters. The first-order valence-electron chi connectivity index (χ1n) is 10.8. The van der Waals surface area contributed by atoms with Gasteiger partial charge in [-0.2, -0.15) is 4.98 Å². The van der Waals surface area contributed by atoms with Gasteiger partial charge in [-0.15, -0.1) is 0 Å². The molecule has 2 aromatic heterocycles. The van der Waals surface area contributed by atoms with Gasteiger partial charge in [-0.3, -0.25) is 9.36 Å². The molecular weight excluding hydrogens is 402 g/mol. The van der Waals surface area contributed by atoms with Crippen LogP contribution in [0.5, 0.6) is 0 Å². The minimum absolute atomic E-state index is 0.000310. The summed E-state index contributed by atoms with van der Waals surface area (Å²) in [6.07, 6.45) is 5.37. The Morgan fingerprint density at radius 3 is 2.84 bits per heavy atom. The summed E-state index contributed by atoms with van der Waals surface area (Å²) < 4.78 is 1.92. The lowest BCUT2D eigenvalue weighted by molar-refractivity contribution is -0.117. The minimum atomic E-state index is -0.117. The van der Waals surface area contributed by atoms with E-state index in [4.69, 9.17) is 0 Å². The number of hydrogen-bond donors (Lipinski definition) is 3. The lowest BCUT2D eigenvalue weighted by Crippen LogP contribution is -2.35. The zero-order valence-electron chi connectivity index (χ0n) is 17.8. The molecule has 1 aliphatic heterocycles. The molecule has 0 aliphatic carbocycles. The second kappa shape index (κ2) is 8.76. The number of carbonyl (C=O) groups excluding carboxylic acids is 1. The number of aromatic nitrogens is 4. The maximum Gasteiger partial charge on any atom is 0.241 e. The maximum absolute atomic E-state index is 12.4. The number of fused-ring (bicyclic) bond motifs is 1. The lowest BCUT2D eigenvalue weighted by atomic mass is 10.1. The van der Waals surface area contributed by atoms with E-state index >= 15 is 0 Å². The topological polar surface area (TPSA) is 96.8 Å². The molecular formula is C24H25N7O. The maximum atomic E-state index is 12.4. The molecule has 162 valence electrons. The van der Waals surface area contributed by atoms with Gasteiger partial charge in [-0.25, -0.2) is 9.97 Å². The smallest absolute Gasteiger partial charge is 0.241 e. The molecule has 5 rings (SSSR count). The fourth-order valence-corrected chi connectivity index (χ4v) is 3.98. The Bertz CT molecular complexity index is 1230. The summed E-state index contributed by atoms with van der Waals surface area (Å²) in [7, 11) is 0. The first-order chi connectivity index (χ1) is 15.7. The van der Waals surface area contributed by atoms with Crippen LogP contribution in [0.1, 0.15) is 31.4 Å². The van der Waals surface area contributed by atoms with Crippen LogP contribution in [0.4, 0.5) is 11.6 Å². The fraction of sp³-hybridized carbons (Fsp3) is 0.250. The van der Waals surface area contributed by atoms with E-state index in [1.165, 1.54) is 0 Å². The van der Waals surface area contributed by atoms with Crippen molar-refractivity contribution >= 4 is 28.6 Å². The number of benzene rings is 2. The number of imidazole rings is 1. The summed E-state index contributed by atoms with van der Waals surface area (Å²) in [5.74, 6) is 1.27. The second-order valence-corrected chi connectivity index (χ2v) is 7.97. The normalized spacial score (nSPS) is 16.7. The van der Waals surface area contributed by atoms with E-state index in [1.54, 1.807) is 12.5 Å². The molecule has 3 N–H and O–H groups in total. The Balaban J connectivity index is 1.35. The predicted molar refractivity (Wildman–Crippen MR) is 125 cm³/mol. The number of rotatable bonds is 6. The van der Waals surface area contributed by atoms with Crippen LogP contribution in [-0.2, 0) is 4.79 Å². The number of nitrogens with one attached hydrogen (secondary N) is 3. The van der Waals surface area contributed by atoms with Gasteiger partial charge >= 0.3 is 0 Å². The van der Waals surface area contributed by atoms with Crippen LogP contribution in [0.15, 0.2) is 67.1 Å². The molecule has 1 aliphatic rings. The van der Waals surface area contributed by atoms with E-state index in [1.807, 2.05) is 47.0 Å². The third kappa shape index (κ3) is 4.17. The van der Waals surface area contributed by atoms with Crippen LogP contribution in [0.3, 0.4) is 0 Å². The minimum Gasteiger partial charge on any atom is -0.348 e. The van der Waals surface area contributed by atoms with Crippen molar-refractivity contribution in [3.8, 4) is 5.82 Å². The van der Waals surface area contributed by atoms with Crippen molar-refractivity contribution in [1.29, 1.82) is 0 Å². The van der Waals surface area contributed by atoms with Gasteiger partial charge in [0.05, 0.1) is 23.1 Å². The van der Waals surface area contributed by atoms with Crippen molar-refractivity contribution in [3.05, 3.63) is 72.7 Å². The SMILES string of the molecule is C[C@H](Nc1nccc(-n2cnc3cc(NC(=O)[C@@H]4CCCN4)ccc32)n1)c1ccccc1. The third-order valence-corrected chi connectivity index (χ3v) is 5.72. The molecule has 0 saturated carbocycles. The van der Waals surface area contributed by atoms with Crippen molar-refractivity contribution in [2.75, 3.05) is 17.2 Å². The van der Waals surface area contributed by atoms with Gasteiger partial charge < -0.3 is 16.0 Å². The highest BCUT2D eigenvalue weighted by Crippen LogP contribution is 2.22. The molecule has 0 spiro atoms. The van der Waals surface area contributed by atoms with Crippen LogP contribution in [-0.4, -0.2) is 38.0 Å². The van der Waals surface area contributed by atoms with Gasteiger partial charge in [0.1, 0.15) is 12.1 Å². The molecule has 8 heteroatoms. The van der Waals surface area contributed by atoms with E-state index in [-0.39, 0.29) is 18.0 Å². The second-order valence-electron chi connectivity index (χ2n) is 7.97. The number of amides is 1. The molecule has 0 radical (unpaired) electrons. The Hall–Kier alpha value is -3.78. The summed E-state index contributed by atoms with van der Waals surface area (Å²) in [4.78, 5) is 25.9. The molecule has 8 nitrogen and oxygen atoms in total. The van der Waals surface area contributed by atoms with E-state index < -0.39 is 0 Å². The largest absolute Gasteiger partial charge is 0.348 e. The molecule has 1 amide bonds. The Morgan fingerprint density at radius 2 is 2.03 bits per heavy atom. The summed E-state index contributed by atoms with van der Waals surface area (Å²) in [5, 5.41) is 9.56. The van der Waals surface area contributed by atoms with Crippen LogP contribution < -0.4 is 16.0 Å². The Morgan fingerprint density at radius 1 is 1.16 bits per heavy atom. The van der Waals surface area contributed by atoms with Crippen LogP contribution in [0.25, 0.3) is 16.9 Å². The lowest BCUT2D eigenvalue weighted by Gasteiger charge is -2.14. The first kappa shape index (κ1) is 20.1. The van der Waals surface area contributed by atoms with Crippen molar-refractivity contribution in [2.24, 2.45) is 0 Å². The van der Waals surface area contributed by atoms with Gasteiger partial charge in [0.25, 0.3) is 0 Å². The Kier molecular flexibility index (Phi) is 5.51. The number of anilines is 2. The molecule has 2 atom stereocenters. The Labute approximate surface area is 186 Å². The number of nitrogens with zero attached hydrogens (tertiary/aromatic N) is 4. The number of carbonyl (C=O) groups is 1. The molecule has 0 bridgehead atoms. The van der Waals surface area contributed by atoms with Crippen LogP contribution in [0, 0.1) is 0 Å². The van der Waals surface area contributed by atoms with Gasteiger partial charge in [0, 0.05) is 11.9 Å². The van der Waals surface area contributed by atoms with Gasteiger partial charge in [0.15, 0.2) is 0 Å². The quantitative estimate of drug-likeness (QED) is 0.434. The highest BCUT2D eigenvalue weighted by molar-refractivity contribution is 5.96. The van der Waals surface area contributed by atoms with Crippen LogP contribution >= 0.6 is 0 Å². The molecule has 3 heterocycles. The van der Waals surface area contributed by atoms with E-state index in [9.17, 15) is 4.79 Å².